The zero-order valence-corrected chi connectivity index (χ0v) is 7.44. The maximum atomic E-state index is 5.05. The van der Waals surface area contributed by atoms with Crippen molar-refractivity contribution < 1.29 is 0 Å². The lowest BCUT2D eigenvalue weighted by atomic mass is 10.3. The monoisotopic (exact) mass is 176 g/mol. The molecule has 0 aliphatic heterocycles. The Hall–Kier alpha value is -1.84. The van der Waals surface area contributed by atoms with E-state index in [0.29, 0.717) is 0 Å². The molecule has 0 atom stereocenters. The molecule has 13 heavy (non-hydrogen) atoms. The highest BCUT2D eigenvalue weighted by Crippen LogP contribution is 2.16. The van der Waals surface area contributed by atoms with Gasteiger partial charge in [-0.15, -0.1) is 0 Å². The molecule has 0 unspecified atom stereocenters. The van der Waals surface area contributed by atoms with Crippen molar-refractivity contribution in [1.82, 2.24) is 0 Å². The van der Waals surface area contributed by atoms with Gasteiger partial charge in [0, 0.05) is 12.7 Å². The standard InChI is InChI=1S/C9H12N4/c1-11-8-3-2-4-9(5-8)13-7-12-6-10/h2-7,11H,1H3,(H2,10,12,13). The molecule has 1 aromatic rings. The Morgan fingerprint density at radius 2 is 2.31 bits per heavy atom. The number of hydrogen-bond donors (Lipinski definition) is 2. The second-order valence-corrected chi connectivity index (χ2v) is 2.34. The Morgan fingerprint density at radius 3 is 3.00 bits per heavy atom. The van der Waals surface area contributed by atoms with Crippen LogP contribution in [0.25, 0.3) is 0 Å². The molecule has 0 saturated heterocycles. The predicted octanol–water partition coefficient (Wildman–Crippen LogP) is 1.38. The van der Waals surface area contributed by atoms with E-state index in [-0.39, 0.29) is 0 Å². The Labute approximate surface area is 77.2 Å². The van der Waals surface area contributed by atoms with Crippen LogP contribution in [0, 0.1) is 0 Å². The third-order valence-corrected chi connectivity index (χ3v) is 1.49. The van der Waals surface area contributed by atoms with E-state index >= 15 is 0 Å². The van der Waals surface area contributed by atoms with E-state index in [1.807, 2.05) is 31.3 Å². The minimum atomic E-state index is 0.845. The van der Waals surface area contributed by atoms with Gasteiger partial charge in [-0.05, 0) is 18.2 Å². The molecule has 0 spiro atoms. The SMILES string of the molecule is CNc1cccc(N=CN=CN)c1. The molecule has 3 N–H and O–H groups in total. The second kappa shape index (κ2) is 4.92. The van der Waals surface area contributed by atoms with Crippen molar-refractivity contribution >= 4 is 24.1 Å². The van der Waals surface area contributed by atoms with E-state index < -0.39 is 0 Å². The topological polar surface area (TPSA) is 62.8 Å². The van der Waals surface area contributed by atoms with Crippen molar-refractivity contribution in [3.05, 3.63) is 24.3 Å². The maximum absolute atomic E-state index is 5.05. The highest BCUT2D eigenvalue weighted by Gasteiger charge is 1.89. The number of nitrogens with two attached hydrogens (primary N) is 1. The van der Waals surface area contributed by atoms with Gasteiger partial charge in [0.25, 0.3) is 0 Å². The fourth-order valence-corrected chi connectivity index (χ4v) is 0.880. The second-order valence-electron chi connectivity index (χ2n) is 2.34. The molecule has 1 aromatic carbocycles. The molecule has 0 aliphatic rings. The van der Waals surface area contributed by atoms with Gasteiger partial charge in [-0.2, -0.15) is 0 Å². The molecule has 0 fully saturated rings. The number of hydrogen-bond acceptors (Lipinski definition) is 2. The molecular formula is C9H12N4. The molecule has 68 valence electrons. The van der Waals surface area contributed by atoms with Crippen LogP contribution in [0.1, 0.15) is 0 Å². The summed E-state index contributed by atoms with van der Waals surface area (Å²) in [6, 6.07) is 7.70. The average molecular weight is 176 g/mol. The lowest BCUT2D eigenvalue weighted by Gasteiger charge is -1.98. The van der Waals surface area contributed by atoms with Gasteiger partial charge >= 0.3 is 0 Å². The fourth-order valence-electron chi connectivity index (χ4n) is 0.880. The van der Waals surface area contributed by atoms with Gasteiger partial charge in [0.1, 0.15) is 6.34 Å². The van der Waals surface area contributed by atoms with Crippen molar-refractivity contribution in [3.8, 4) is 0 Å². The first-order chi connectivity index (χ1) is 6.36. The summed E-state index contributed by atoms with van der Waals surface area (Å²) in [5, 5.41) is 3.02. The first kappa shape index (κ1) is 9.25. The summed E-state index contributed by atoms with van der Waals surface area (Å²) in [4.78, 5) is 7.72. The van der Waals surface area contributed by atoms with Crippen molar-refractivity contribution in [1.29, 1.82) is 0 Å². The third kappa shape index (κ3) is 2.94. The normalized spacial score (nSPS) is 11.2. The largest absolute Gasteiger partial charge is 0.390 e. The van der Waals surface area contributed by atoms with Crippen LogP contribution in [-0.4, -0.2) is 19.7 Å². The molecule has 1 rings (SSSR count). The van der Waals surface area contributed by atoms with Gasteiger partial charge in [-0.25, -0.2) is 9.98 Å². The van der Waals surface area contributed by atoms with Crippen LogP contribution in [0.15, 0.2) is 34.3 Å². The Morgan fingerprint density at radius 1 is 1.46 bits per heavy atom. The zero-order valence-electron chi connectivity index (χ0n) is 7.44. The summed E-state index contributed by atoms with van der Waals surface area (Å²) < 4.78 is 0. The molecule has 4 heteroatoms. The molecular weight excluding hydrogens is 164 g/mol. The molecule has 0 aliphatic carbocycles. The van der Waals surface area contributed by atoms with Gasteiger partial charge < -0.3 is 11.1 Å². The van der Waals surface area contributed by atoms with Crippen LogP contribution >= 0.6 is 0 Å². The van der Waals surface area contributed by atoms with Gasteiger partial charge in [0.2, 0.25) is 0 Å². The van der Waals surface area contributed by atoms with Gasteiger partial charge in [-0.1, -0.05) is 6.07 Å². The van der Waals surface area contributed by atoms with Crippen LogP contribution in [-0.2, 0) is 0 Å². The molecule has 0 saturated carbocycles. The van der Waals surface area contributed by atoms with E-state index in [1.165, 1.54) is 12.7 Å². The van der Waals surface area contributed by atoms with Crippen molar-refractivity contribution in [3.63, 3.8) is 0 Å². The number of aliphatic imine (C=N–C) groups is 2. The van der Waals surface area contributed by atoms with E-state index in [1.54, 1.807) is 0 Å². The maximum Gasteiger partial charge on any atom is 0.117 e. The Kier molecular flexibility index (Phi) is 3.50. The average Bonchev–Trinajstić information content (AvgIpc) is 2.19. The summed E-state index contributed by atoms with van der Waals surface area (Å²) >= 11 is 0. The van der Waals surface area contributed by atoms with Crippen LogP contribution in [0.5, 0.6) is 0 Å². The smallest absolute Gasteiger partial charge is 0.117 e. The lowest BCUT2D eigenvalue weighted by molar-refractivity contribution is 1.46. The predicted molar refractivity (Wildman–Crippen MR) is 56.8 cm³/mol. The first-order valence-corrected chi connectivity index (χ1v) is 3.90. The molecule has 4 nitrogen and oxygen atoms in total. The summed E-state index contributed by atoms with van der Waals surface area (Å²) in [6.07, 6.45) is 2.61. The number of nitrogens with one attached hydrogen (secondary N) is 1. The minimum Gasteiger partial charge on any atom is -0.390 e. The molecule has 0 amide bonds. The third-order valence-electron chi connectivity index (χ3n) is 1.49. The van der Waals surface area contributed by atoms with E-state index in [4.69, 9.17) is 5.73 Å². The Balaban J connectivity index is 2.77. The zero-order chi connectivity index (χ0) is 9.52. The van der Waals surface area contributed by atoms with Crippen molar-refractivity contribution in [2.75, 3.05) is 12.4 Å². The summed E-state index contributed by atoms with van der Waals surface area (Å²) in [5.74, 6) is 0. The molecule has 0 radical (unpaired) electrons. The summed E-state index contributed by atoms with van der Waals surface area (Å²) in [7, 11) is 1.86. The lowest BCUT2D eigenvalue weighted by Crippen LogP contribution is -1.87. The van der Waals surface area contributed by atoms with E-state index in [2.05, 4.69) is 15.3 Å². The summed E-state index contributed by atoms with van der Waals surface area (Å²) in [5.41, 5.74) is 6.92. The van der Waals surface area contributed by atoms with E-state index in [9.17, 15) is 0 Å². The Bertz CT molecular complexity index is 317. The number of rotatable bonds is 3. The minimum absolute atomic E-state index is 0.845. The van der Waals surface area contributed by atoms with Crippen molar-refractivity contribution in [2.24, 2.45) is 15.7 Å². The van der Waals surface area contributed by atoms with Crippen LogP contribution in [0.2, 0.25) is 0 Å². The fraction of sp³-hybridized carbons (Fsp3) is 0.111. The van der Waals surface area contributed by atoms with Gasteiger partial charge in [-0.3, -0.25) is 0 Å². The van der Waals surface area contributed by atoms with Gasteiger partial charge in [0.05, 0.1) is 12.0 Å². The van der Waals surface area contributed by atoms with Crippen LogP contribution < -0.4 is 11.1 Å². The highest BCUT2D eigenvalue weighted by molar-refractivity contribution is 5.72. The number of nitrogens with zero attached hydrogens (tertiary/aromatic N) is 2. The molecule has 0 aromatic heterocycles. The van der Waals surface area contributed by atoms with Crippen LogP contribution in [0.3, 0.4) is 0 Å². The summed E-state index contributed by atoms with van der Waals surface area (Å²) in [6.45, 7) is 0. The quantitative estimate of drug-likeness (QED) is 0.539. The van der Waals surface area contributed by atoms with Crippen molar-refractivity contribution in [2.45, 2.75) is 0 Å². The molecule has 0 bridgehead atoms. The number of benzene rings is 1. The van der Waals surface area contributed by atoms with Gasteiger partial charge in [0.15, 0.2) is 0 Å². The van der Waals surface area contributed by atoms with E-state index in [0.717, 1.165) is 11.4 Å². The van der Waals surface area contributed by atoms with Crippen LogP contribution in [0.4, 0.5) is 11.4 Å². The highest BCUT2D eigenvalue weighted by atomic mass is 14.9. The number of anilines is 1. The molecule has 0 heterocycles. The first-order valence-electron chi connectivity index (χ1n) is 3.90.